The number of alkyl halides is 3. The van der Waals surface area contributed by atoms with Gasteiger partial charge >= 0.3 is 11.9 Å². The van der Waals surface area contributed by atoms with Crippen molar-refractivity contribution < 1.29 is 19.1 Å². The monoisotopic (exact) mass is 356 g/mol. The fourth-order valence-electron chi connectivity index (χ4n) is 4.11. The van der Waals surface area contributed by atoms with Crippen LogP contribution >= 0.6 is 34.8 Å². The van der Waals surface area contributed by atoms with Crippen LogP contribution in [0, 0.1) is 16.2 Å². The SMILES string of the molecule is COC(=O)[C@]12CC[C@](C)([C@@H](OC(=O)C(Cl)(Cl)Cl)C1)C2(C)C. The normalized spacial score (nSPS) is 37.4. The molecule has 3 atom stereocenters. The lowest BCUT2D eigenvalue weighted by Crippen LogP contribution is -2.42. The van der Waals surface area contributed by atoms with Crippen LogP contribution < -0.4 is 0 Å². The first-order valence-electron chi connectivity index (χ1n) is 6.78. The largest absolute Gasteiger partial charge is 0.469 e. The van der Waals surface area contributed by atoms with Crippen LogP contribution in [-0.2, 0) is 19.1 Å². The van der Waals surface area contributed by atoms with Gasteiger partial charge in [-0.05, 0) is 18.3 Å². The first kappa shape index (κ1) is 17.2. The third kappa shape index (κ3) is 2.17. The van der Waals surface area contributed by atoms with E-state index >= 15 is 0 Å². The van der Waals surface area contributed by atoms with Crippen molar-refractivity contribution in [2.45, 2.75) is 49.9 Å². The number of methoxy groups -OCH3 is 1. The molecule has 0 N–H and O–H groups in total. The lowest BCUT2D eigenvalue weighted by Gasteiger charge is -2.40. The molecule has 0 aromatic carbocycles. The molecule has 0 unspecified atom stereocenters. The molecule has 0 aromatic rings. The number of carbonyl (C=O) groups is 2. The highest BCUT2D eigenvalue weighted by molar-refractivity contribution is 6.75. The zero-order valence-electron chi connectivity index (χ0n) is 12.5. The Kier molecular flexibility index (Phi) is 4.01. The molecule has 7 heteroatoms. The summed E-state index contributed by atoms with van der Waals surface area (Å²) >= 11 is 16.7. The summed E-state index contributed by atoms with van der Waals surface area (Å²) in [4.78, 5) is 24.2. The first-order chi connectivity index (χ1) is 9.42. The summed E-state index contributed by atoms with van der Waals surface area (Å²) in [5, 5.41) is 0. The fraction of sp³-hybridized carbons (Fsp3) is 0.857. The highest BCUT2D eigenvalue weighted by Gasteiger charge is 2.74. The Morgan fingerprint density at radius 1 is 1.14 bits per heavy atom. The van der Waals surface area contributed by atoms with Gasteiger partial charge < -0.3 is 9.47 Å². The highest BCUT2D eigenvalue weighted by atomic mass is 35.6. The van der Waals surface area contributed by atoms with Crippen molar-refractivity contribution in [1.29, 1.82) is 0 Å². The molecule has 2 saturated carbocycles. The molecule has 0 saturated heterocycles. The van der Waals surface area contributed by atoms with Gasteiger partial charge in [-0.15, -0.1) is 0 Å². The molecule has 2 fully saturated rings. The van der Waals surface area contributed by atoms with Crippen LogP contribution in [-0.4, -0.2) is 28.9 Å². The predicted octanol–water partition coefficient (Wildman–Crippen LogP) is 3.66. The molecule has 120 valence electrons. The Bertz CT molecular complexity index is 485. The smallest absolute Gasteiger partial charge is 0.358 e. The maximum absolute atomic E-state index is 12.3. The van der Waals surface area contributed by atoms with E-state index in [-0.39, 0.29) is 16.8 Å². The lowest BCUT2D eigenvalue weighted by atomic mass is 9.65. The van der Waals surface area contributed by atoms with Crippen LogP contribution in [0.2, 0.25) is 0 Å². The van der Waals surface area contributed by atoms with E-state index in [1.807, 2.05) is 20.8 Å². The van der Waals surface area contributed by atoms with Crippen molar-refractivity contribution >= 4 is 46.7 Å². The molecule has 0 heterocycles. The van der Waals surface area contributed by atoms with Gasteiger partial charge in [-0.2, -0.15) is 0 Å². The maximum Gasteiger partial charge on any atom is 0.358 e. The minimum atomic E-state index is -2.11. The quantitative estimate of drug-likeness (QED) is 0.559. The summed E-state index contributed by atoms with van der Waals surface area (Å²) in [6, 6.07) is 0. The fourth-order valence-corrected chi connectivity index (χ4v) is 4.24. The highest BCUT2D eigenvalue weighted by Crippen LogP contribution is 2.73. The van der Waals surface area contributed by atoms with Gasteiger partial charge in [0.05, 0.1) is 12.5 Å². The van der Waals surface area contributed by atoms with Crippen LogP contribution in [0.4, 0.5) is 0 Å². The second kappa shape index (κ2) is 4.90. The number of hydrogen-bond donors (Lipinski definition) is 0. The number of halogens is 3. The molecule has 0 aliphatic heterocycles. The Morgan fingerprint density at radius 3 is 2.19 bits per heavy atom. The average molecular weight is 358 g/mol. The summed E-state index contributed by atoms with van der Waals surface area (Å²) in [6.45, 7) is 6.04. The van der Waals surface area contributed by atoms with Gasteiger partial charge in [-0.1, -0.05) is 55.6 Å². The Labute approximate surface area is 139 Å². The zero-order chi connectivity index (χ0) is 16.3. The molecule has 2 bridgehead atoms. The molecule has 2 aliphatic rings. The summed E-state index contributed by atoms with van der Waals surface area (Å²) in [7, 11) is 1.38. The molecular weight excluding hydrogens is 339 g/mol. The summed E-state index contributed by atoms with van der Waals surface area (Å²) in [6.07, 6.45) is 1.40. The Balaban J connectivity index is 2.34. The Morgan fingerprint density at radius 2 is 1.71 bits per heavy atom. The van der Waals surface area contributed by atoms with Crippen LogP contribution in [0.1, 0.15) is 40.0 Å². The van der Waals surface area contributed by atoms with Crippen molar-refractivity contribution in [1.82, 2.24) is 0 Å². The van der Waals surface area contributed by atoms with Crippen molar-refractivity contribution in [3.8, 4) is 0 Å². The number of esters is 2. The van der Waals surface area contributed by atoms with Crippen molar-refractivity contribution in [3.63, 3.8) is 0 Å². The van der Waals surface area contributed by atoms with E-state index in [1.165, 1.54) is 7.11 Å². The summed E-state index contributed by atoms with van der Waals surface area (Å²) < 4.78 is 8.31. The van der Waals surface area contributed by atoms with E-state index in [9.17, 15) is 9.59 Å². The van der Waals surface area contributed by atoms with Crippen molar-refractivity contribution in [2.75, 3.05) is 7.11 Å². The first-order valence-corrected chi connectivity index (χ1v) is 7.92. The number of hydrogen-bond acceptors (Lipinski definition) is 4. The van der Waals surface area contributed by atoms with Crippen LogP contribution in [0.3, 0.4) is 0 Å². The molecule has 0 aromatic heterocycles. The molecule has 4 nitrogen and oxygen atoms in total. The third-order valence-electron chi connectivity index (χ3n) is 6.00. The predicted molar refractivity (Wildman–Crippen MR) is 80.4 cm³/mol. The van der Waals surface area contributed by atoms with E-state index in [0.29, 0.717) is 12.8 Å². The maximum atomic E-state index is 12.3. The van der Waals surface area contributed by atoms with Crippen molar-refractivity contribution in [2.24, 2.45) is 16.2 Å². The van der Waals surface area contributed by atoms with Gasteiger partial charge in [0.15, 0.2) is 0 Å². The summed E-state index contributed by atoms with van der Waals surface area (Å²) in [5.74, 6) is -1.16. The van der Waals surface area contributed by atoms with E-state index in [1.54, 1.807) is 0 Å². The second-order valence-corrected chi connectivity index (χ2v) is 8.99. The van der Waals surface area contributed by atoms with Crippen LogP contribution in [0.5, 0.6) is 0 Å². The lowest BCUT2D eigenvalue weighted by molar-refractivity contribution is -0.160. The average Bonchev–Trinajstić information content (AvgIpc) is 2.67. The molecule has 2 rings (SSSR count). The molecule has 2 aliphatic carbocycles. The topological polar surface area (TPSA) is 52.6 Å². The number of ether oxygens (including phenoxy) is 2. The minimum absolute atomic E-state index is 0.261. The van der Waals surface area contributed by atoms with Gasteiger partial charge in [0.1, 0.15) is 6.10 Å². The molecule has 0 amide bonds. The second-order valence-electron chi connectivity index (χ2n) is 6.71. The van der Waals surface area contributed by atoms with Crippen LogP contribution in [0.25, 0.3) is 0 Å². The van der Waals surface area contributed by atoms with E-state index in [2.05, 4.69) is 0 Å². The van der Waals surface area contributed by atoms with Gasteiger partial charge in [0.25, 0.3) is 3.79 Å². The number of rotatable bonds is 2. The third-order valence-corrected chi connectivity index (χ3v) is 6.46. The standard InChI is InChI=1S/C14H19Cl3O4/c1-11(2)12(3)5-6-13(11,9(18)20-4)7-8(12)21-10(19)14(15,16)17/h8H,5-7H2,1-4H3/t8-,12+,13-/m0/s1. The zero-order valence-corrected chi connectivity index (χ0v) is 14.7. The Hall–Kier alpha value is -0.190. The summed E-state index contributed by atoms with van der Waals surface area (Å²) in [5.41, 5.74) is -1.38. The minimum Gasteiger partial charge on any atom is -0.469 e. The van der Waals surface area contributed by atoms with Crippen molar-refractivity contribution in [3.05, 3.63) is 0 Å². The van der Waals surface area contributed by atoms with Gasteiger partial charge in [0, 0.05) is 11.8 Å². The van der Waals surface area contributed by atoms with Gasteiger partial charge in [-0.25, -0.2) is 4.79 Å². The van der Waals surface area contributed by atoms with Gasteiger partial charge in [-0.3, -0.25) is 4.79 Å². The van der Waals surface area contributed by atoms with E-state index in [0.717, 1.165) is 6.42 Å². The van der Waals surface area contributed by atoms with E-state index < -0.39 is 21.3 Å². The van der Waals surface area contributed by atoms with Gasteiger partial charge in [0.2, 0.25) is 0 Å². The molecular formula is C14H19Cl3O4. The molecule has 0 spiro atoms. The number of fused-ring (bicyclic) bond motifs is 2. The van der Waals surface area contributed by atoms with Crippen LogP contribution in [0.15, 0.2) is 0 Å². The van der Waals surface area contributed by atoms with E-state index in [4.69, 9.17) is 44.3 Å². The molecule has 21 heavy (non-hydrogen) atoms. The molecule has 0 radical (unpaired) electrons. The number of carbonyl (C=O) groups excluding carboxylic acids is 2.